The summed E-state index contributed by atoms with van der Waals surface area (Å²) >= 11 is 0. The molecule has 1 rings (SSSR count). The summed E-state index contributed by atoms with van der Waals surface area (Å²) in [6, 6.07) is 7.58. The third kappa shape index (κ3) is 4.69. The number of nitrogens with zero attached hydrogens (tertiary/aromatic N) is 1. The summed E-state index contributed by atoms with van der Waals surface area (Å²) in [5.41, 5.74) is 0.897. The van der Waals surface area contributed by atoms with Crippen molar-refractivity contribution >= 4 is 17.2 Å². The van der Waals surface area contributed by atoms with Crippen molar-refractivity contribution < 1.29 is 8.95 Å². The topological polar surface area (TPSA) is 38.7 Å². The highest BCUT2D eigenvalue weighted by atomic mass is 32.2. The Balaban J connectivity index is 2.78. The molecule has 1 aromatic rings. The minimum Gasteiger partial charge on any atom is -0.494 e. The lowest BCUT2D eigenvalue weighted by molar-refractivity contribution is 0.340. The first kappa shape index (κ1) is 13.9. The van der Waals surface area contributed by atoms with Crippen LogP contribution in [0, 0.1) is 0 Å². The van der Waals surface area contributed by atoms with Crippen LogP contribution in [0.4, 0.5) is 0 Å². The monoisotopic (exact) mass is 253 g/mol. The summed E-state index contributed by atoms with van der Waals surface area (Å²) in [6.07, 6.45) is 1.63. The Bertz CT molecular complexity index is 422. The molecule has 0 bridgehead atoms. The van der Waals surface area contributed by atoms with Gasteiger partial charge in [-0.2, -0.15) is 4.40 Å². The van der Waals surface area contributed by atoms with Crippen molar-refractivity contribution in [3.8, 4) is 5.75 Å². The van der Waals surface area contributed by atoms with Crippen molar-refractivity contribution in [2.75, 3.05) is 6.61 Å². The lowest BCUT2D eigenvalue weighted by Crippen LogP contribution is -2.19. The smallest absolute Gasteiger partial charge is 0.144 e. The Morgan fingerprint density at radius 1 is 1.41 bits per heavy atom. The number of hydrogen-bond donors (Lipinski definition) is 0. The van der Waals surface area contributed by atoms with Crippen molar-refractivity contribution in [3.63, 3.8) is 0 Å². The molecule has 0 aliphatic heterocycles. The first-order valence-electron chi connectivity index (χ1n) is 5.62. The Hall–Kier alpha value is -1.16. The van der Waals surface area contributed by atoms with Crippen molar-refractivity contribution in [3.05, 3.63) is 29.8 Å². The summed E-state index contributed by atoms with van der Waals surface area (Å²) in [4.78, 5) is 0. The molecule has 94 valence electrons. The van der Waals surface area contributed by atoms with Crippen LogP contribution < -0.4 is 4.74 Å². The maximum atomic E-state index is 11.7. The highest BCUT2D eigenvalue weighted by molar-refractivity contribution is 7.85. The second-order valence-corrected chi connectivity index (χ2v) is 6.54. The van der Waals surface area contributed by atoms with Crippen LogP contribution in [-0.2, 0) is 11.0 Å². The fourth-order valence-corrected chi connectivity index (χ4v) is 1.65. The molecule has 0 saturated carbocycles. The van der Waals surface area contributed by atoms with Gasteiger partial charge in [-0.1, -0.05) is 12.1 Å². The van der Waals surface area contributed by atoms with Crippen LogP contribution >= 0.6 is 0 Å². The van der Waals surface area contributed by atoms with Crippen LogP contribution in [0.15, 0.2) is 28.7 Å². The van der Waals surface area contributed by atoms with Crippen LogP contribution in [0.5, 0.6) is 5.75 Å². The van der Waals surface area contributed by atoms with Gasteiger partial charge in [-0.3, -0.25) is 0 Å². The second-order valence-electron chi connectivity index (χ2n) is 4.60. The minimum absolute atomic E-state index is 0.325. The van der Waals surface area contributed by atoms with E-state index in [1.165, 1.54) is 0 Å². The standard InChI is InChI=1S/C13H19NO2S/c1-5-16-12-8-6-7-11(9-12)10-14-17(15)13(2,3)4/h6-10H,5H2,1-4H3. The Labute approximate surface area is 106 Å². The normalized spacial score (nSPS) is 13.9. The molecule has 0 heterocycles. The molecule has 1 atom stereocenters. The third-order valence-electron chi connectivity index (χ3n) is 1.99. The summed E-state index contributed by atoms with van der Waals surface area (Å²) in [5, 5.41) is 0. The molecule has 0 aromatic heterocycles. The molecule has 0 aliphatic rings. The first-order valence-corrected chi connectivity index (χ1v) is 6.73. The Morgan fingerprint density at radius 2 is 2.12 bits per heavy atom. The lowest BCUT2D eigenvalue weighted by atomic mass is 10.2. The average Bonchev–Trinajstić information content (AvgIpc) is 2.25. The van der Waals surface area contributed by atoms with Gasteiger partial charge in [0.25, 0.3) is 0 Å². The van der Waals surface area contributed by atoms with Gasteiger partial charge < -0.3 is 4.74 Å². The number of benzene rings is 1. The fourth-order valence-electron chi connectivity index (χ4n) is 1.12. The summed E-state index contributed by atoms with van der Waals surface area (Å²) in [6.45, 7) is 8.27. The van der Waals surface area contributed by atoms with Crippen LogP contribution in [0.2, 0.25) is 0 Å². The molecule has 1 aromatic carbocycles. The number of rotatable bonds is 4. The van der Waals surface area contributed by atoms with E-state index in [4.69, 9.17) is 4.74 Å². The lowest BCUT2D eigenvalue weighted by Gasteiger charge is -2.12. The molecular weight excluding hydrogens is 234 g/mol. The maximum absolute atomic E-state index is 11.7. The van der Waals surface area contributed by atoms with Crippen LogP contribution in [0.3, 0.4) is 0 Å². The molecule has 4 heteroatoms. The molecule has 0 saturated heterocycles. The van der Waals surface area contributed by atoms with E-state index in [2.05, 4.69) is 4.40 Å². The van der Waals surface area contributed by atoms with E-state index in [1.807, 2.05) is 52.0 Å². The molecule has 0 fully saturated rings. The van der Waals surface area contributed by atoms with E-state index in [1.54, 1.807) is 6.21 Å². The van der Waals surface area contributed by atoms with Gasteiger partial charge in [0.2, 0.25) is 0 Å². The predicted octanol–water partition coefficient (Wildman–Crippen LogP) is 2.97. The van der Waals surface area contributed by atoms with Crippen molar-refractivity contribution in [1.29, 1.82) is 0 Å². The Kier molecular flexibility index (Phi) is 4.87. The van der Waals surface area contributed by atoms with Gasteiger partial charge in [0, 0.05) is 6.21 Å². The largest absolute Gasteiger partial charge is 0.494 e. The van der Waals surface area contributed by atoms with Gasteiger partial charge in [-0.25, -0.2) is 4.21 Å². The third-order valence-corrected chi connectivity index (χ3v) is 3.34. The zero-order valence-electron chi connectivity index (χ0n) is 10.8. The predicted molar refractivity (Wildman–Crippen MR) is 73.1 cm³/mol. The van der Waals surface area contributed by atoms with Gasteiger partial charge in [-0.05, 0) is 45.4 Å². The number of ether oxygens (including phenoxy) is 1. The van der Waals surface area contributed by atoms with Crippen molar-refractivity contribution in [2.45, 2.75) is 32.4 Å². The molecular formula is C13H19NO2S. The SMILES string of the molecule is CCOc1cccc(C=NS(=O)C(C)(C)C)c1. The van der Waals surface area contributed by atoms with E-state index in [0.717, 1.165) is 11.3 Å². The van der Waals surface area contributed by atoms with E-state index in [0.29, 0.717) is 6.61 Å². The van der Waals surface area contributed by atoms with E-state index in [9.17, 15) is 4.21 Å². The number of hydrogen-bond acceptors (Lipinski definition) is 2. The minimum atomic E-state index is -1.22. The van der Waals surface area contributed by atoms with E-state index < -0.39 is 11.0 Å². The zero-order chi connectivity index (χ0) is 12.9. The molecule has 3 nitrogen and oxygen atoms in total. The zero-order valence-corrected chi connectivity index (χ0v) is 11.6. The van der Waals surface area contributed by atoms with Gasteiger partial charge in [0.1, 0.15) is 16.7 Å². The molecule has 0 radical (unpaired) electrons. The van der Waals surface area contributed by atoms with Crippen LogP contribution in [0.25, 0.3) is 0 Å². The van der Waals surface area contributed by atoms with Crippen LogP contribution in [0.1, 0.15) is 33.3 Å². The highest BCUT2D eigenvalue weighted by Crippen LogP contribution is 2.14. The molecule has 0 aliphatic carbocycles. The fraction of sp³-hybridized carbons (Fsp3) is 0.462. The van der Waals surface area contributed by atoms with Crippen molar-refractivity contribution in [2.24, 2.45) is 4.40 Å². The second kappa shape index (κ2) is 5.96. The first-order chi connectivity index (χ1) is 7.93. The van der Waals surface area contributed by atoms with Gasteiger partial charge in [-0.15, -0.1) is 0 Å². The van der Waals surface area contributed by atoms with E-state index in [-0.39, 0.29) is 4.75 Å². The molecule has 17 heavy (non-hydrogen) atoms. The highest BCUT2D eigenvalue weighted by Gasteiger charge is 2.17. The molecule has 0 spiro atoms. The summed E-state index contributed by atoms with van der Waals surface area (Å²) in [7, 11) is -1.22. The van der Waals surface area contributed by atoms with Gasteiger partial charge in [0.05, 0.1) is 11.4 Å². The van der Waals surface area contributed by atoms with Crippen molar-refractivity contribution in [1.82, 2.24) is 0 Å². The van der Waals surface area contributed by atoms with Gasteiger partial charge >= 0.3 is 0 Å². The Morgan fingerprint density at radius 3 is 2.71 bits per heavy atom. The van der Waals surface area contributed by atoms with Gasteiger partial charge in [0.15, 0.2) is 0 Å². The maximum Gasteiger partial charge on any atom is 0.144 e. The average molecular weight is 253 g/mol. The molecule has 0 amide bonds. The summed E-state index contributed by atoms with van der Waals surface area (Å²) in [5.74, 6) is 0.804. The molecule has 1 unspecified atom stereocenters. The van der Waals surface area contributed by atoms with Crippen LogP contribution in [-0.4, -0.2) is 21.8 Å². The summed E-state index contributed by atoms with van der Waals surface area (Å²) < 4.78 is 20.8. The molecule has 0 N–H and O–H groups in total. The quantitative estimate of drug-likeness (QED) is 0.774. The van der Waals surface area contributed by atoms with E-state index >= 15 is 0 Å².